The first-order valence-electron chi connectivity index (χ1n) is 20.0. The molecule has 7 N–H and O–H groups in total. The van der Waals surface area contributed by atoms with E-state index in [0.29, 0.717) is 43.1 Å². The molecule has 0 aromatic rings. The maximum absolute atomic E-state index is 12.4. The van der Waals surface area contributed by atoms with E-state index in [-0.39, 0.29) is 29.8 Å². The van der Waals surface area contributed by atoms with E-state index in [1.807, 2.05) is 0 Å². The lowest BCUT2D eigenvalue weighted by molar-refractivity contribution is -0.359. The summed E-state index contributed by atoms with van der Waals surface area (Å²) < 4.78 is 69.7. The van der Waals surface area contributed by atoms with E-state index in [2.05, 4.69) is 40.7 Å². The Hall–Kier alpha value is -1.32. The zero-order valence-corrected chi connectivity index (χ0v) is 32.9. The number of carbonyl (C=O) groups is 1. The van der Waals surface area contributed by atoms with Crippen molar-refractivity contribution in [3.63, 3.8) is 0 Å². The Balaban J connectivity index is 1.12. The topological polar surface area (TPSA) is 251 Å². The number of aliphatic hydroxyl groups excluding tert-OH is 5. The van der Waals surface area contributed by atoms with E-state index in [1.54, 1.807) is 0 Å². The molecule has 3 aliphatic heterocycles. The summed E-state index contributed by atoms with van der Waals surface area (Å²) in [5.41, 5.74) is 0.730. The van der Waals surface area contributed by atoms with Crippen LogP contribution in [0.1, 0.15) is 86.0 Å². The predicted molar refractivity (Wildman–Crippen MR) is 190 cm³/mol. The Morgan fingerprint density at radius 3 is 2.33 bits per heavy atom. The Morgan fingerprint density at radius 2 is 1.65 bits per heavy atom. The zero-order valence-electron chi connectivity index (χ0n) is 32.1. The second kappa shape index (κ2) is 15.4. The third-order valence-electron chi connectivity index (χ3n) is 14.6. The van der Waals surface area contributed by atoms with Gasteiger partial charge in [-0.3, -0.25) is 4.55 Å². The first-order chi connectivity index (χ1) is 25.7. The van der Waals surface area contributed by atoms with Gasteiger partial charge in [-0.1, -0.05) is 46.3 Å². The fourth-order valence-corrected chi connectivity index (χ4v) is 12.4. The lowest BCUT2D eigenvalue weighted by atomic mass is 9.47. The first kappa shape index (κ1) is 41.8. The van der Waals surface area contributed by atoms with Crippen LogP contribution in [0, 0.1) is 46.3 Å². The first-order valence-corrected chi connectivity index (χ1v) is 21.3. The van der Waals surface area contributed by atoms with Crippen molar-refractivity contribution in [2.45, 2.75) is 166 Å². The summed E-state index contributed by atoms with van der Waals surface area (Å²) >= 11 is 0. The fraction of sp³-hybridized carbons (Fsp3) is 0.921. The summed E-state index contributed by atoms with van der Waals surface area (Å²) in [7, 11) is -4.86. The zero-order chi connectivity index (χ0) is 39.9. The van der Waals surface area contributed by atoms with Crippen LogP contribution >= 0.6 is 0 Å². The van der Waals surface area contributed by atoms with Crippen LogP contribution in [0.4, 0.5) is 0 Å². The van der Waals surface area contributed by atoms with Gasteiger partial charge in [0.25, 0.3) is 0 Å². The van der Waals surface area contributed by atoms with Gasteiger partial charge in [0.15, 0.2) is 18.7 Å². The third kappa shape index (κ3) is 7.80. The maximum atomic E-state index is 12.4. The number of fused-ring (bicyclic) bond motifs is 5. The molecule has 0 radical (unpaired) electrons. The average Bonchev–Trinajstić information content (AvgIpc) is 3.76. The molecule has 4 aliphatic carbocycles. The van der Waals surface area contributed by atoms with Gasteiger partial charge in [0.2, 0.25) is 0 Å². The van der Waals surface area contributed by atoms with Crippen molar-refractivity contribution >= 4 is 16.4 Å². The van der Waals surface area contributed by atoms with Crippen LogP contribution in [-0.2, 0) is 43.1 Å². The van der Waals surface area contributed by atoms with Crippen LogP contribution in [0.15, 0.2) is 11.6 Å². The van der Waals surface area contributed by atoms with Crippen molar-refractivity contribution in [3.05, 3.63) is 11.6 Å². The highest BCUT2D eigenvalue weighted by Gasteiger charge is 2.63. The number of aliphatic carboxylic acids is 1. The summed E-state index contributed by atoms with van der Waals surface area (Å²) in [6, 6.07) is 0. The second-order valence-electron chi connectivity index (χ2n) is 18.3. The number of epoxide rings is 1. The van der Waals surface area contributed by atoms with E-state index in [9.17, 15) is 48.4 Å². The molecule has 55 heavy (non-hydrogen) atoms. The van der Waals surface area contributed by atoms with Gasteiger partial charge in [-0.05, 0) is 97.7 Å². The molecule has 0 spiro atoms. The van der Waals surface area contributed by atoms with E-state index >= 15 is 0 Å². The van der Waals surface area contributed by atoms with Gasteiger partial charge < -0.3 is 54.3 Å². The Morgan fingerprint density at radius 1 is 0.927 bits per heavy atom. The molecular weight excluding hydrogens is 744 g/mol. The molecule has 20 atom stereocenters. The SMILES string of the molecule is CC(C)C[C@@H]1O[C@H]1[C@@H](C)[C@H]1CCC2C3C[C@H](OS(=O)(=O)O)C4C[C@@H](O[C@@H]5O[C@H](C(=O)O)[C@@H](O)[C@H](O)[C@H]5O[C@@H]5OC[C@H](O)[C@H](O)[C@H]5O)CC[C@]4(C)C3=CC[C@@]21C. The molecule has 7 aliphatic rings. The maximum Gasteiger partial charge on any atom is 0.397 e. The number of allylic oxidation sites excluding steroid dienone is 2. The van der Waals surface area contributed by atoms with Gasteiger partial charge in [0.1, 0.15) is 36.6 Å². The minimum atomic E-state index is -4.86. The van der Waals surface area contributed by atoms with Crippen molar-refractivity contribution in [2.24, 2.45) is 46.3 Å². The number of ether oxygens (including phenoxy) is 5. The molecule has 3 saturated heterocycles. The lowest BCUT2D eigenvalue weighted by Crippen LogP contribution is -2.64. The number of rotatable bonds is 11. The molecule has 17 heteroatoms. The molecule has 0 aromatic carbocycles. The highest BCUT2D eigenvalue weighted by atomic mass is 32.3. The summed E-state index contributed by atoms with van der Waals surface area (Å²) in [5.74, 6) is -0.311. The number of aliphatic hydroxyl groups is 5. The van der Waals surface area contributed by atoms with Gasteiger partial charge in [0, 0.05) is 0 Å². The molecule has 16 nitrogen and oxygen atoms in total. The van der Waals surface area contributed by atoms with Crippen LogP contribution in [-0.4, -0.2) is 136 Å². The molecule has 3 unspecified atom stereocenters. The Labute approximate surface area is 322 Å². The molecule has 3 saturated carbocycles. The van der Waals surface area contributed by atoms with Crippen molar-refractivity contribution in [1.82, 2.24) is 0 Å². The molecule has 0 aromatic heterocycles. The van der Waals surface area contributed by atoms with Crippen LogP contribution in [0.25, 0.3) is 0 Å². The molecule has 6 fully saturated rings. The number of hydrogen-bond acceptors (Lipinski definition) is 14. The summed E-state index contributed by atoms with van der Waals surface area (Å²) in [6.45, 7) is 10.8. The monoisotopic (exact) mass is 804 g/mol. The summed E-state index contributed by atoms with van der Waals surface area (Å²) in [5, 5.41) is 62.1. The van der Waals surface area contributed by atoms with Gasteiger partial charge in [0.05, 0.1) is 31.0 Å². The van der Waals surface area contributed by atoms with Gasteiger partial charge in [-0.2, -0.15) is 8.42 Å². The van der Waals surface area contributed by atoms with Gasteiger partial charge >= 0.3 is 16.4 Å². The number of carboxylic acid groups (broad SMARTS) is 1. The number of carboxylic acids is 1. The standard InChI is InChI=1S/C38H60O16S/c1-16(2)12-26-31(51-26)17(3)20-6-7-21-19-14-25(54-55(46,47)48)23-13-18(8-10-38(23,5)22(19)9-11-37(20,21)4)50-36-33(29(42)28(41)32(52-36)34(44)45)53-35-30(43)27(40)24(39)15-49-35/h9,16-21,23-33,35-36,39-43H,6-8,10-15H2,1-5H3,(H,44,45)(H,46,47,48)/t17-,18-,19?,20+,21?,23?,24-,25-,26-,27-,28-,29-,30+,31-,32-,33+,35-,36+,37+,38+/m0/s1. The van der Waals surface area contributed by atoms with E-state index in [0.717, 1.165) is 25.7 Å². The fourth-order valence-electron chi connectivity index (χ4n) is 11.8. The van der Waals surface area contributed by atoms with E-state index in [1.165, 1.54) is 5.57 Å². The normalized spacial score (nSPS) is 50.4. The average molecular weight is 805 g/mol. The molecular formula is C38H60O16S. The largest absolute Gasteiger partial charge is 0.479 e. The third-order valence-corrected chi connectivity index (χ3v) is 15.1. The smallest absolute Gasteiger partial charge is 0.397 e. The lowest BCUT2D eigenvalue weighted by Gasteiger charge is -2.59. The Kier molecular flexibility index (Phi) is 11.7. The minimum absolute atomic E-state index is 0.0166. The molecule has 0 bridgehead atoms. The van der Waals surface area contributed by atoms with Gasteiger partial charge in [-0.15, -0.1) is 0 Å². The molecule has 3 heterocycles. The highest BCUT2D eigenvalue weighted by molar-refractivity contribution is 7.80. The second-order valence-corrected chi connectivity index (χ2v) is 19.4. The van der Waals surface area contributed by atoms with Crippen molar-refractivity contribution in [1.29, 1.82) is 0 Å². The van der Waals surface area contributed by atoms with Crippen molar-refractivity contribution in [2.75, 3.05) is 6.61 Å². The van der Waals surface area contributed by atoms with Gasteiger partial charge in [-0.25, -0.2) is 8.98 Å². The van der Waals surface area contributed by atoms with Crippen LogP contribution in [0.2, 0.25) is 0 Å². The van der Waals surface area contributed by atoms with E-state index < -0.39 is 102 Å². The molecule has 7 rings (SSSR count). The van der Waals surface area contributed by atoms with Crippen molar-refractivity contribution < 1.29 is 76.3 Å². The minimum Gasteiger partial charge on any atom is -0.479 e. The molecule has 314 valence electrons. The number of hydrogen-bond donors (Lipinski definition) is 7. The predicted octanol–water partition coefficient (Wildman–Crippen LogP) is 1.55. The van der Waals surface area contributed by atoms with E-state index in [4.69, 9.17) is 27.9 Å². The van der Waals surface area contributed by atoms with Crippen LogP contribution in [0.3, 0.4) is 0 Å². The highest BCUT2D eigenvalue weighted by Crippen LogP contribution is 2.67. The molecule has 0 amide bonds. The van der Waals surface area contributed by atoms with Crippen LogP contribution < -0.4 is 0 Å². The quantitative estimate of drug-likeness (QED) is 0.0677. The van der Waals surface area contributed by atoms with Crippen molar-refractivity contribution in [3.8, 4) is 0 Å². The summed E-state index contributed by atoms with van der Waals surface area (Å²) in [4.78, 5) is 12.0. The van der Waals surface area contributed by atoms with Crippen LogP contribution in [0.5, 0.6) is 0 Å². The Bertz CT molecular complexity index is 1560. The summed E-state index contributed by atoms with van der Waals surface area (Å²) in [6.07, 6.45) is -8.57.